The number of carbonyl (C=O) groups is 1. The molecule has 4 rings (SSSR count). The summed E-state index contributed by atoms with van der Waals surface area (Å²) in [4.78, 5) is 12.4. The number of nitrogens with zero attached hydrogens (tertiary/aromatic N) is 2. The van der Waals surface area contributed by atoms with E-state index in [1.165, 1.54) is 24.1 Å². The maximum atomic E-state index is 13.0. The zero-order valence-corrected chi connectivity index (χ0v) is 21.6. The Morgan fingerprint density at radius 1 is 0.974 bits per heavy atom. The summed E-state index contributed by atoms with van der Waals surface area (Å²) in [6.45, 7) is 1.46. The van der Waals surface area contributed by atoms with Crippen LogP contribution >= 0.6 is 12.2 Å². The fourth-order valence-corrected chi connectivity index (χ4v) is 4.34. The number of rotatable bonds is 6. The van der Waals surface area contributed by atoms with Gasteiger partial charge in [0.2, 0.25) is 5.91 Å². The molecule has 0 saturated heterocycles. The molecule has 0 aliphatic carbocycles. The highest BCUT2D eigenvalue weighted by atomic mass is 32.1. The van der Waals surface area contributed by atoms with E-state index in [1.807, 2.05) is 24.3 Å². The number of hydrazone groups is 1. The van der Waals surface area contributed by atoms with Gasteiger partial charge in [-0.2, -0.15) is 18.3 Å². The van der Waals surface area contributed by atoms with Crippen LogP contribution in [0.5, 0.6) is 11.5 Å². The highest BCUT2D eigenvalue weighted by molar-refractivity contribution is 7.80. The lowest BCUT2D eigenvalue weighted by atomic mass is 9.98. The molecule has 0 fully saturated rings. The first-order chi connectivity index (χ1) is 18.1. The Kier molecular flexibility index (Phi) is 7.86. The third-order valence-electron chi connectivity index (χ3n) is 5.95. The van der Waals surface area contributed by atoms with Gasteiger partial charge >= 0.3 is 6.18 Å². The van der Waals surface area contributed by atoms with E-state index in [2.05, 4.69) is 15.7 Å². The van der Waals surface area contributed by atoms with Gasteiger partial charge in [-0.1, -0.05) is 18.2 Å². The molecule has 0 spiro atoms. The number of benzene rings is 3. The molecule has 2 N–H and O–H groups in total. The SMILES string of the molecule is COc1ccc(C2=NN(C(C)=O)C(c3ccc(NC(=S)Nc4cccc(C(F)(F)F)c4)cc3)C2)cc1OC. The molecule has 1 unspecified atom stereocenters. The molecule has 38 heavy (non-hydrogen) atoms. The molecule has 1 atom stereocenters. The fourth-order valence-electron chi connectivity index (χ4n) is 4.11. The van der Waals surface area contributed by atoms with Gasteiger partial charge in [0, 0.05) is 30.3 Å². The van der Waals surface area contributed by atoms with Crippen LogP contribution in [0, 0.1) is 0 Å². The first-order valence-corrected chi connectivity index (χ1v) is 11.9. The van der Waals surface area contributed by atoms with E-state index in [4.69, 9.17) is 21.7 Å². The average molecular weight is 543 g/mol. The Morgan fingerprint density at radius 3 is 2.29 bits per heavy atom. The molecular weight excluding hydrogens is 517 g/mol. The lowest BCUT2D eigenvalue weighted by Crippen LogP contribution is -2.24. The predicted molar refractivity (Wildman–Crippen MR) is 144 cm³/mol. The standard InChI is InChI=1S/C27H25F3N4O3S/c1-16(35)34-23(15-22(33-34)18-9-12-24(36-2)25(13-18)37-3)17-7-10-20(11-8-17)31-26(38)32-21-6-4-5-19(14-21)27(28,29)30/h4-14,23H,15H2,1-3H3,(H2,31,32,38). The van der Waals surface area contributed by atoms with Gasteiger partial charge in [-0.15, -0.1) is 0 Å². The second-order valence-electron chi connectivity index (χ2n) is 8.48. The summed E-state index contributed by atoms with van der Waals surface area (Å²) in [5.41, 5.74) is 2.50. The van der Waals surface area contributed by atoms with Crippen molar-refractivity contribution in [2.24, 2.45) is 5.10 Å². The predicted octanol–water partition coefficient (Wildman–Crippen LogP) is 6.23. The lowest BCUT2D eigenvalue weighted by molar-refractivity contribution is -0.137. The van der Waals surface area contributed by atoms with Crippen molar-refractivity contribution in [3.8, 4) is 11.5 Å². The van der Waals surface area contributed by atoms with E-state index in [9.17, 15) is 18.0 Å². The zero-order chi connectivity index (χ0) is 27.4. The first kappa shape index (κ1) is 26.9. The second-order valence-corrected chi connectivity index (χ2v) is 8.89. The number of nitrogens with one attached hydrogen (secondary N) is 2. The van der Waals surface area contributed by atoms with Gasteiger partial charge in [-0.25, -0.2) is 5.01 Å². The maximum absolute atomic E-state index is 13.0. The van der Waals surface area contributed by atoms with Crippen molar-refractivity contribution in [2.75, 3.05) is 24.9 Å². The van der Waals surface area contributed by atoms with E-state index >= 15 is 0 Å². The van der Waals surface area contributed by atoms with Crippen molar-refractivity contribution in [1.82, 2.24) is 5.01 Å². The van der Waals surface area contributed by atoms with Crippen molar-refractivity contribution < 1.29 is 27.4 Å². The first-order valence-electron chi connectivity index (χ1n) is 11.5. The zero-order valence-electron chi connectivity index (χ0n) is 20.8. The number of hydrogen-bond donors (Lipinski definition) is 2. The summed E-state index contributed by atoms with van der Waals surface area (Å²) in [5.74, 6) is 0.966. The van der Waals surface area contributed by atoms with E-state index in [1.54, 1.807) is 32.4 Å². The molecule has 0 radical (unpaired) electrons. The Morgan fingerprint density at radius 2 is 1.66 bits per heavy atom. The van der Waals surface area contributed by atoms with Crippen molar-refractivity contribution in [2.45, 2.75) is 25.6 Å². The van der Waals surface area contributed by atoms with Crippen LogP contribution in [0.3, 0.4) is 0 Å². The number of ether oxygens (including phenoxy) is 2. The van der Waals surface area contributed by atoms with Crippen LogP contribution in [0.15, 0.2) is 71.8 Å². The Bertz CT molecular complexity index is 1380. The number of hydrogen-bond acceptors (Lipinski definition) is 5. The number of halogens is 3. The molecule has 1 amide bonds. The summed E-state index contributed by atoms with van der Waals surface area (Å²) in [6.07, 6.45) is -3.95. The molecule has 1 aliphatic heterocycles. The number of alkyl halides is 3. The van der Waals surface area contributed by atoms with Crippen LogP contribution in [0.1, 0.15) is 36.1 Å². The monoisotopic (exact) mass is 542 g/mol. The third-order valence-corrected chi connectivity index (χ3v) is 6.15. The summed E-state index contributed by atoms with van der Waals surface area (Å²) in [5, 5.41) is 11.9. The molecule has 198 valence electrons. The number of thiocarbonyl (C=S) groups is 1. The molecular formula is C27H25F3N4O3S. The molecule has 0 bridgehead atoms. The molecule has 3 aromatic rings. The average Bonchev–Trinajstić information content (AvgIpc) is 3.34. The van der Waals surface area contributed by atoms with Crippen LogP contribution in [0.25, 0.3) is 0 Å². The number of amides is 1. The Hall–Kier alpha value is -4.12. The van der Waals surface area contributed by atoms with Crippen LogP contribution in [0.4, 0.5) is 24.5 Å². The normalized spacial score (nSPS) is 15.1. The topological polar surface area (TPSA) is 75.2 Å². The van der Waals surface area contributed by atoms with Gasteiger partial charge in [0.25, 0.3) is 0 Å². The van der Waals surface area contributed by atoms with Crippen molar-refractivity contribution in [3.05, 3.63) is 83.4 Å². The van der Waals surface area contributed by atoms with Gasteiger partial charge in [0.15, 0.2) is 16.6 Å². The van der Waals surface area contributed by atoms with E-state index < -0.39 is 11.7 Å². The van der Waals surface area contributed by atoms with Gasteiger partial charge in [0.1, 0.15) is 0 Å². The summed E-state index contributed by atoms with van der Waals surface area (Å²) in [6, 6.07) is 17.2. The van der Waals surface area contributed by atoms with Crippen molar-refractivity contribution in [3.63, 3.8) is 0 Å². The van der Waals surface area contributed by atoms with E-state index in [0.717, 1.165) is 29.0 Å². The van der Waals surface area contributed by atoms with E-state index in [0.29, 0.717) is 23.6 Å². The van der Waals surface area contributed by atoms with Gasteiger partial charge in [-0.3, -0.25) is 4.79 Å². The Balaban J connectivity index is 1.45. The smallest absolute Gasteiger partial charge is 0.416 e. The van der Waals surface area contributed by atoms with Crippen LogP contribution < -0.4 is 20.1 Å². The molecule has 3 aromatic carbocycles. The largest absolute Gasteiger partial charge is 0.493 e. The lowest BCUT2D eigenvalue weighted by Gasteiger charge is -2.21. The van der Waals surface area contributed by atoms with Crippen LogP contribution in [-0.2, 0) is 11.0 Å². The molecule has 0 saturated carbocycles. The number of methoxy groups -OCH3 is 2. The van der Waals surface area contributed by atoms with Crippen LogP contribution in [-0.4, -0.2) is 36.0 Å². The molecule has 1 heterocycles. The quantitative estimate of drug-likeness (QED) is 0.360. The maximum Gasteiger partial charge on any atom is 0.416 e. The minimum atomic E-state index is -4.44. The molecule has 7 nitrogen and oxygen atoms in total. The van der Waals surface area contributed by atoms with Crippen LogP contribution in [0.2, 0.25) is 0 Å². The van der Waals surface area contributed by atoms with Gasteiger partial charge in [0.05, 0.1) is 31.5 Å². The molecule has 11 heteroatoms. The summed E-state index contributed by atoms with van der Waals surface area (Å²) in [7, 11) is 3.12. The van der Waals surface area contributed by atoms with Gasteiger partial charge in [-0.05, 0) is 66.3 Å². The summed E-state index contributed by atoms with van der Waals surface area (Å²) >= 11 is 5.26. The second kappa shape index (κ2) is 11.1. The molecule has 0 aromatic heterocycles. The fraction of sp³-hybridized carbons (Fsp3) is 0.222. The summed E-state index contributed by atoms with van der Waals surface area (Å²) < 4.78 is 49.6. The third kappa shape index (κ3) is 6.05. The number of carbonyl (C=O) groups excluding carboxylic acids is 1. The van der Waals surface area contributed by atoms with Crippen molar-refractivity contribution in [1.29, 1.82) is 0 Å². The highest BCUT2D eigenvalue weighted by Gasteiger charge is 2.32. The highest BCUT2D eigenvalue weighted by Crippen LogP contribution is 2.36. The van der Waals surface area contributed by atoms with Gasteiger partial charge < -0.3 is 20.1 Å². The Labute approximate surface area is 223 Å². The minimum Gasteiger partial charge on any atom is -0.493 e. The van der Waals surface area contributed by atoms with E-state index in [-0.39, 0.29) is 22.7 Å². The number of anilines is 2. The van der Waals surface area contributed by atoms with Crippen molar-refractivity contribution >= 4 is 40.3 Å². The molecule has 1 aliphatic rings. The minimum absolute atomic E-state index is 0.141.